The molecule has 2 aromatic carbocycles. The Bertz CT molecular complexity index is 1270. The lowest BCUT2D eigenvalue weighted by Crippen LogP contribution is -2.23. The number of anilines is 1. The van der Waals surface area contributed by atoms with E-state index in [1.165, 1.54) is 0 Å². The average Bonchev–Trinajstić information content (AvgIpc) is 3.05. The molecule has 0 bridgehead atoms. The molecule has 2 heterocycles. The first-order chi connectivity index (χ1) is 13.5. The fourth-order valence-corrected chi connectivity index (χ4v) is 3.49. The fraction of sp³-hybridized carbons (Fsp3) is 0.238. The van der Waals surface area contributed by atoms with E-state index in [0.717, 1.165) is 16.6 Å². The molecule has 2 aromatic heterocycles. The monoisotopic (exact) mass is 375 g/mol. The number of imidazole rings is 1. The molecule has 0 radical (unpaired) electrons. The van der Waals surface area contributed by atoms with Crippen LogP contribution in [0.2, 0.25) is 0 Å². The maximum Gasteiger partial charge on any atom is 0.272 e. The summed E-state index contributed by atoms with van der Waals surface area (Å²) in [6.07, 6.45) is 0. The predicted molar refractivity (Wildman–Crippen MR) is 110 cm³/mol. The van der Waals surface area contributed by atoms with Crippen molar-refractivity contribution in [3.63, 3.8) is 0 Å². The summed E-state index contributed by atoms with van der Waals surface area (Å²) >= 11 is 0. The number of amides is 1. The highest BCUT2D eigenvalue weighted by Gasteiger charge is 2.15. The SMILES string of the molecule is CCn1c(NC(=O)c2ccc3c(c2)nc(C)c(=O)n3CC)nc2ccccc21. The number of para-hydroxylation sites is 2. The van der Waals surface area contributed by atoms with Gasteiger partial charge in [0.2, 0.25) is 5.95 Å². The Kier molecular flexibility index (Phi) is 4.43. The molecule has 1 amide bonds. The van der Waals surface area contributed by atoms with Crippen LogP contribution in [-0.2, 0) is 13.1 Å². The van der Waals surface area contributed by atoms with Crippen molar-refractivity contribution in [1.82, 2.24) is 19.1 Å². The van der Waals surface area contributed by atoms with Crippen LogP contribution in [-0.4, -0.2) is 25.0 Å². The van der Waals surface area contributed by atoms with Crippen molar-refractivity contribution < 1.29 is 4.79 Å². The molecule has 0 saturated heterocycles. The van der Waals surface area contributed by atoms with Gasteiger partial charge in [-0.25, -0.2) is 9.97 Å². The summed E-state index contributed by atoms with van der Waals surface area (Å²) in [5.74, 6) is 0.247. The molecule has 0 aliphatic carbocycles. The second-order valence-corrected chi connectivity index (χ2v) is 6.57. The number of hydrogen-bond acceptors (Lipinski definition) is 4. The molecule has 142 valence electrons. The van der Waals surface area contributed by atoms with E-state index in [1.54, 1.807) is 29.7 Å². The van der Waals surface area contributed by atoms with Gasteiger partial charge >= 0.3 is 0 Å². The number of aryl methyl sites for hydroxylation is 3. The van der Waals surface area contributed by atoms with Crippen molar-refractivity contribution in [3.05, 3.63) is 64.1 Å². The number of nitrogens with zero attached hydrogens (tertiary/aromatic N) is 4. The van der Waals surface area contributed by atoms with Gasteiger partial charge in [0.25, 0.3) is 11.5 Å². The topological polar surface area (TPSA) is 81.8 Å². The number of nitrogens with one attached hydrogen (secondary N) is 1. The molecule has 0 saturated carbocycles. The second kappa shape index (κ2) is 6.92. The molecule has 4 aromatic rings. The highest BCUT2D eigenvalue weighted by molar-refractivity contribution is 6.05. The van der Waals surface area contributed by atoms with Crippen LogP contribution in [0.4, 0.5) is 5.95 Å². The Hall–Kier alpha value is -3.48. The Labute approximate surface area is 161 Å². The third kappa shape index (κ3) is 2.85. The number of hydrogen-bond donors (Lipinski definition) is 1. The normalized spacial score (nSPS) is 11.2. The molecule has 28 heavy (non-hydrogen) atoms. The summed E-state index contributed by atoms with van der Waals surface area (Å²) in [5, 5.41) is 2.90. The highest BCUT2D eigenvalue weighted by atomic mass is 16.2. The van der Waals surface area contributed by atoms with Gasteiger partial charge in [-0.2, -0.15) is 0 Å². The minimum absolute atomic E-state index is 0.108. The van der Waals surface area contributed by atoms with Gasteiger partial charge in [0.15, 0.2) is 0 Å². The van der Waals surface area contributed by atoms with Crippen LogP contribution in [0.15, 0.2) is 47.3 Å². The smallest absolute Gasteiger partial charge is 0.272 e. The Morgan fingerprint density at radius 2 is 1.68 bits per heavy atom. The molecule has 1 N–H and O–H groups in total. The van der Waals surface area contributed by atoms with E-state index in [-0.39, 0.29) is 11.5 Å². The van der Waals surface area contributed by atoms with E-state index in [0.29, 0.717) is 35.8 Å². The van der Waals surface area contributed by atoms with Gasteiger partial charge in [-0.1, -0.05) is 12.1 Å². The van der Waals surface area contributed by atoms with Gasteiger partial charge in [0.05, 0.1) is 22.1 Å². The lowest BCUT2D eigenvalue weighted by Gasteiger charge is -2.11. The van der Waals surface area contributed by atoms with E-state index in [2.05, 4.69) is 15.3 Å². The quantitative estimate of drug-likeness (QED) is 0.593. The van der Waals surface area contributed by atoms with Crippen LogP contribution in [0, 0.1) is 6.92 Å². The summed E-state index contributed by atoms with van der Waals surface area (Å²) in [7, 11) is 0. The third-order valence-electron chi connectivity index (χ3n) is 4.88. The molecular formula is C21H21N5O2. The Morgan fingerprint density at radius 3 is 2.43 bits per heavy atom. The van der Waals surface area contributed by atoms with Gasteiger partial charge in [0, 0.05) is 18.7 Å². The van der Waals surface area contributed by atoms with Crippen LogP contribution in [0.1, 0.15) is 29.9 Å². The number of benzene rings is 2. The predicted octanol–water partition coefficient (Wildman–Crippen LogP) is 3.35. The fourth-order valence-electron chi connectivity index (χ4n) is 3.49. The minimum atomic E-state index is -0.263. The summed E-state index contributed by atoms with van der Waals surface area (Å²) in [6, 6.07) is 13.0. The van der Waals surface area contributed by atoms with E-state index >= 15 is 0 Å². The third-order valence-corrected chi connectivity index (χ3v) is 4.88. The molecule has 0 unspecified atom stereocenters. The highest BCUT2D eigenvalue weighted by Crippen LogP contribution is 2.20. The van der Waals surface area contributed by atoms with Crippen LogP contribution in [0.25, 0.3) is 22.1 Å². The molecule has 7 heteroatoms. The van der Waals surface area contributed by atoms with Crippen LogP contribution in [0.3, 0.4) is 0 Å². The largest absolute Gasteiger partial charge is 0.310 e. The van der Waals surface area contributed by atoms with Crippen molar-refractivity contribution in [2.75, 3.05) is 5.32 Å². The first kappa shape index (κ1) is 17.9. The zero-order chi connectivity index (χ0) is 19.8. The van der Waals surface area contributed by atoms with Gasteiger partial charge in [-0.15, -0.1) is 0 Å². The molecular weight excluding hydrogens is 354 g/mol. The zero-order valence-corrected chi connectivity index (χ0v) is 16.1. The Balaban J connectivity index is 1.74. The van der Waals surface area contributed by atoms with E-state index in [9.17, 15) is 9.59 Å². The first-order valence-electron chi connectivity index (χ1n) is 9.31. The summed E-state index contributed by atoms with van der Waals surface area (Å²) < 4.78 is 3.63. The maximum absolute atomic E-state index is 12.8. The zero-order valence-electron chi connectivity index (χ0n) is 16.1. The van der Waals surface area contributed by atoms with Crippen molar-refractivity contribution in [3.8, 4) is 0 Å². The van der Waals surface area contributed by atoms with Gasteiger partial charge in [-0.3, -0.25) is 14.9 Å². The number of rotatable bonds is 4. The minimum Gasteiger partial charge on any atom is -0.310 e. The van der Waals surface area contributed by atoms with Crippen molar-refractivity contribution in [1.29, 1.82) is 0 Å². The molecule has 4 rings (SSSR count). The lowest BCUT2D eigenvalue weighted by molar-refractivity contribution is 0.102. The summed E-state index contributed by atoms with van der Waals surface area (Å²) in [6.45, 7) is 6.85. The lowest BCUT2D eigenvalue weighted by atomic mass is 10.1. The molecule has 7 nitrogen and oxygen atoms in total. The number of aromatic nitrogens is 4. The van der Waals surface area contributed by atoms with E-state index in [1.807, 2.05) is 42.7 Å². The van der Waals surface area contributed by atoms with Crippen LogP contribution < -0.4 is 10.9 Å². The average molecular weight is 375 g/mol. The standard InChI is InChI=1S/C21H21N5O2/c1-4-25-18-11-10-14(12-16(18)22-13(3)20(25)28)19(27)24-21-23-15-8-6-7-9-17(15)26(21)5-2/h6-12H,4-5H2,1-3H3,(H,23,24,27). The first-order valence-corrected chi connectivity index (χ1v) is 9.31. The molecule has 0 aliphatic rings. The van der Waals surface area contributed by atoms with Crippen molar-refractivity contribution >= 4 is 33.9 Å². The van der Waals surface area contributed by atoms with E-state index < -0.39 is 0 Å². The second-order valence-electron chi connectivity index (χ2n) is 6.57. The van der Waals surface area contributed by atoms with Gasteiger partial charge < -0.3 is 9.13 Å². The molecule has 0 spiro atoms. The molecule has 0 atom stereocenters. The number of carbonyl (C=O) groups excluding carboxylic acids is 1. The number of carbonyl (C=O) groups is 1. The summed E-state index contributed by atoms with van der Waals surface area (Å²) in [4.78, 5) is 34.0. The van der Waals surface area contributed by atoms with E-state index in [4.69, 9.17) is 0 Å². The molecule has 0 aliphatic heterocycles. The maximum atomic E-state index is 12.8. The van der Waals surface area contributed by atoms with Crippen LogP contribution >= 0.6 is 0 Å². The van der Waals surface area contributed by atoms with Gasteiger partial charge in [0.1, 0.15) is 5.69 Å². The summed E-state index contributed by atoms with van der Waals surface area (Å²) in [5.41, 5.74) is 3.93. The number of fused-ring (bicyclic) bond motifs is 2. The van der Waals surface area contributed by atoms with Crippen molar-refractivity contribution in [2.45, 2.75) is 33.9 Å². The Morgan fingerprint density at radius 1 is 0.964 bits per heavy atom. The van der Waals surface area contributed by atoms with Crippen LogP contribution in [0.5, 0.6) is 0 Å². The van der Waals surface area contributed by atoms with Gasteiger partial charge in [-0.05, 0) is 51.1 Å². The molecule has 0 fully saturated rings. The van der Waals surface area contributed by atoms with Crippen molar-refractivity contribution in [2.24, 2.45) is 0 Å².